The van der Waals surface area contributed by atoms with Crippen molar-refractivity contribution in [1.29, 1.82) is 0 Å². The van der Waals surface area contributed by atoms with Gasteiger partial charge < -0.3 is 9.13 Å². The van der Waals surface area contributed by atoms with Gasteiger partial charge in [0.15, 0.2) is 0 Å². The normalized spacial score (nSPS) is 11.4. The van der Waals surface area contributed by atoms with Crippen LogP contribution in [0.25, 0.3) is 99.0 Å². The van der Waals surface area contributed by atoms with Crippen LogP contribution in [0.15, 0.2) is 219 Å². The summed E-state index contributed by atoms with van der Waals surface area (Å²) < 4.78 is 4.75. The highest BCUT2D eigenvalue weighted by atomic mass is 15.0. The Morgan fingerprint density at radius 3 is 1.00 bits per heavy atom. The molecule has 4 heterocycles. The standard InChI is InChI=1S/C30H20N2.C24H16N2/c1-5-16-27-23(12-1)24-13-2-6-17-28(24)31(27)21-10-9-11-22(20-21)32-29-18-7-3-14-25(29)26-15-4-8-19-30(26)32;1-3-7-17(8-4-1)19-13-15-25-23-21(19)11-12-22-20(14-16-26-24(22)23)18-9-5-2-6-10-18/h1-20H;1-16H. The van der Waals surface area contributed by atoms with E-state index in [1.54, 1.807) is 0 Å². The van der Waals surface area contributed by atoms with Crippen LogP contribution in [-0.4, -0.2) is 19.1 Å². The Morgan fingerprint density at radius 1 is 0.276 bits per heavy atom. The molecule has 0 atom stereocenters. The highest BCUT2D eigenvalue weighted by Crippen LogP contribution is 2.37. The number of aromatic nitrogens is 4. The van der Waals surface area contributed by atoms with Crippen LogP contribution in [0.1, 0.15) is 0 Å². The molecule has 0 saturated carbocycles. The number of pyridine rings is 2. The lowest BCUT2D eigenvalue weighted by molar-refractivity contribution is 1.13. The molecule has 0 saturated heterocycles. The lowest BCUT2D eigenvalue weighted by Gasteiger charge is -2.12. The molecule has 0 amide bonds. The Bertz CT molecular complexity index is 3120. The van der Waals surface area contributed by atoms with E-state index in [9.17, 15) is 0 Å². The predicted molar refractivity (Wildman–Crippen MR) is 243 cm³/mol. The van der Waals surface area contributed by atoms with Gasteiger partial charge in [0.05, 0.1) is 33.1 Å². The van der Waals surface area contributed by atoms with Crippen LogP contribution in [-0.2, 0) is 0 Å². The molecule has 0 N–H and O–H groups in total. The summed E-state index contributed by atoms with van der Waals surface area (Å²) in [7, 11) is 0. The molecular formula is C54H36N4. The van der Waals surface area contributed by atoms with Crippen molar-refractivity contribution in [3.63, 3.8) is 0 Å². The Kier molecular flexibility index (Phi) is 8.11. The summed E-state index contributed by atoms with van der Waals surface area (Å²) in [5, 5.41) is 7.39. The minimum absolute atomic E-state index is 0.946. The Morgan fingerprint density at radius 2 is 0.621 bits per heavy atom. The Labute approximate surface area is 335 Å². The van der Waals surface area contributed by atoms with Crippen molar-refractivity contribution in [2.45, 2.75) is 0 Å². The van der Waals surface area contributed by atoms with Crippen LogP contribution in [0, 0.1) is 0 Å². The van der Waals surface area contributed by atoms with Gasteiger partial charge in [-0.3, -0.25) is 9.97 Å². The second kappa shape index (κ2) is 14.0. The maximum absolute atomic E-state index is 4.67. The van der Waals surface area contributed by atoms with Crippen LogP contribution < -0.4 is 0 Å². The lowest BCUT2D eigenvalue weighted by atomic mass is 9.97. The molecule has 0 bridgehead atoms. The van der Waals surface area contributed by atoms with Crippen molar-refractivity contribution in [3.05, 3.63) is 219 Å². The highest BCUT2D eigenvalue weighted by Gasteiger charge is 2.15. The first-order valence-electron chi connectivity index (χ1n) is 19.7. The number of benzene rings is 8. The summed E-state index contributed by atoms with van der Waals surface area (Å²) in [4.78, 5) is 9.34. The van der Waals surface area contributed by atoms with E-state index in [2.05, 4.69) is 213 Å². The monoisotopic (exact) mass is 740 g/mol. The fraction of sp³-hybridized carbons (Fsp3) is 0. The van der Waals surface area contributed by atoms with Crippen molar-refractivity contribution in [3.8, 4) is 33.6 Å². The molecule has 0 radical (unpaired) electrons. The van der Waals surface area contributed by atoms with Crippen LogP contribution in [0.5, 0.6) is 0 Å². The minimum Gasteiger partial charge on any atom is -0.309 e. The van der Waals surface area contributed by atoms with E-state index in [0.29, 0.717) is 0 Å². The van der Waals surface area contributed by atoms with Crippen LogP contribution >= 0.6 is 0 Å². The second-order valence-corrected chi connectivity index (χ2v) is 14.6. The number of fused-ring (bicyclic) bond motifs is 9. The Balaban J connectivity index is 0.000000136. The van der Waals surface area contributed by atoms with Gasteiger partial charge in [-0.05, 0) is 76.9 Å². The van der Waals surface area contributed by atoms with Crippen LogP contribution in [0.2, 0.25) is 0 Å². The minimum atomic E-state index is 0.946. The first kappa shape index (κ1) is 33.5. The SMILES string of the molecule is c1cc(-n2c3ccccc3c3ccccc32)cc(-n2c3ccccc3c3ccccc32)c1.c1ccc(-c2ccnc3c2ccc2c(-c4ccccc4)ccnc23)cc1. The zero-order chi connectivity index (χ0) is 38.4. The number of rotatable bonds is 4. The molecule has 12 aromatic rings. The van der Waals surface area contributed by atoms with E-state index < -0.39 is 0 Å². The van der Waals surface area contributed by atoms with E-state index in [1.807, 2.05) is 24.5 Å². The molecule has 0 spiro atoms. The zero-order valence-electron chi connectivity index (χ0n) is 31.6. The van der Waals surface area contributed by atoms with Crippen molar-refractivity contribution in [2.24, 2.45) is 0 Å². The summed E-state index contributed by atoms with van der Waals surface area (Å²) >= 11 is 0. The largest absolute Gasteiger partial charge is 0.309 e. The van der Waals surface area contributed by atoms with E-state index in [-0.39, 0.29) is 0 Å². The van der Waals surface area contributed by atoms with Gasteiger partial charge in [-0.25, -0.2) is 0 Å². The average molecular weight is 741 g/mol. The van der Waals surface area contributed by atoms with E-state index in [1.165, 1.54) is 77.2 Å². The number of nitrogens with zero attached hydrogens (tertiary/aromatic N) is 4. The van der Waals surface area contributed by atoms with Crippen molar-refractivity contribution in [2.75, 3.05) is 0 Å². The van der Waals surface area contributed by atoms with Gasteiger partial charge in [0.1, 0.15) is 0 Å². The lowest BCUT2D eigenvalue weighted by Crippen LogP contribution is -1.98. The van der Waals surface area contributed by atoms with Gasteiger partial charge in [0.2, 0.25) is 0 Å². The molecule has 12 rings (SSSR count). The molecule has 58 heavy (non-hydrogen) atoms. The van der Waals surface area contributed by atoms with Crippen LogP contribution in [0.3, 0.4) is 0 Å². The average Bonchev–Trinajstić information content (AvgIpc) is 3.83. The zero-order valence-corrected chi connectivity index (χ0v) is 31.6. The van der Waals surface area contributed by atoms with Crippen molar-refractivity contribution in [1.82, 2.24) is 19.1 Å². The van der Waals surface area contributed by atoms with E-state index in [0.717, 1.165) is 21.8 Å². The summed E-state index contributed by atoms with van der Waals surface area (Å²) in [6.45, 7) is 0. The molecule has 0 unspecified atom stereocenters. The molecular weight excluding hydrogens is 705 g/mol. The number of para-hydroxylation sites is 4. The van der Waals surface area contributed by atoms with Crippen LogP contribution in [0.4, 0.5) is 0 Å². The second-order valence-electron chi connectivity index (χ2n) is 14.6. The van der Waals surface area contributed by atoms with Gasteiger partial charge in [0, 0.05) is 56.1 Å². The molecule has 0 fully saturated rings. The molecule has 4 nitrogen and oxygen atoms in total. The van der Waals surface area contributed by atoms with Gasteiger partial charge in [-0.1, -0.05) is 152 Å². The summed E-state index contributed by atoms with van der Waals surface area (Å²) in [5.74, 6) is 0. The van der Waals surface area contributed by atoms with Crippen molar-refractivity contribution < 1.29 is 0 Å². The first-order valence-corrected chi connectivity index (χ1v) is 19.7. The highest BCUT2D eigenvalue weighted by molar-refractivity contribution is 6.12. The smallest absolute Gasteiger partial charge is 0.0970 e. The van der Waals surface area contributed by atoms with Gasteiger partial charge in [-0.2, -0.15) is 0 Å². The molecule has 4 heteroatoms. The maximum atomic E-state index is 4.67. The van der Waals surface area contributed by atoms with Crippen molar-refractivity contribution >= 4 is 65.4 Å². The van der Waals surface area contributed by atoms with Gasteiger partial charge in [0.25, 0.3) is 0 Å². The third kappa shape index (κ3) is 5.54. The summed E-state index contributed by atoms with van der Waals surface area (Å²) in [6, 6.07) is 72.9. The fourth-order valence-electron chi connectivity index (χ4n) is 8.74. The quantitative estimate of drug-likeness (QED) is 0.168. The molecule has 0 aliphatic rings. The first-order chi connectivity index (χ1) is 28.8. The number of hydrogen-bond acceptors (Lipinski definition) is 2. The third-order valence-electron chi connectivity index (χ3n) is 11.3. The molecule has 272 valence electrons. The predicted octanol–water partition coefficient (Wildman–Crippen LogP) is 14.0. The van der Waals surface area contributed by atoms with Gasteiger partial charge in [-0.15, -0.1) is 0 Å². The maximum Gasteiger partial charge on any atom is 0.0970 e. The molecule has 0 aliphatic heterocycles. The third-order valence-corrected chi connectivity index (χ3v) is 11.3. The molecule has 8 aromatic carbocycles. The van der Waals surface area contributed by atoms with Gasteiger partial charge >= 0.3 is 0 Å². The Hall–Kier alpha value is -7.82. The topological polar surface area (TPSA) is 35.6 Å². The number of hydrogen-bond donors (Lipinski definition) is 0. The fourth-order valence-corrected chi connectivity index (χ4v) is 8.74. The van der Waals surface area contributed by atoms with E-state index in [4.69, 9.17) is 0 Å². The molecule has 0 aliphatic carbocycles. The summed E-state index contributed by atoms with van der Waals surface area (Å²) in [6.07, 6.45) is 3.75. The van der Waals surface area contributed by atoms with E-state index >= 15 is 0 Å². The molecule has 4 aromatic heterocycles. The summed E-state index contributed by atoms with van der Waals surface area (Å²) in [5.41, 5.74) is 13.9.